The molecule has 0 radical (unpaired) electrons. The van der Waals surface area contributed by atoms with Gasteiger partial charge in [0.2, 0.25) is 0 Å². The van der Waals surface area contributed by atoms with Crippen LogP contribution >= 0.6 is 8.18 Å². The fourth-order valence-electron chi connectivity index (χ4n) is 6.78. The Kier molecular flexibility index (Phi) is 17.7. The van der Waals surface area contributed by atoms with Crippen molar-refractivity contribution in [2.45, 2.75) is 141 Å². The van der Waals surface area contributed by atoms with Crippen LogP contribution in [-0.2, 0) is 29.8 Å². The molecular weight excluding hydrogens is 698 g/mol. The molecule has 4 rings (SSSR count). The molecular formula is C39H58FN6O6P. The van der Waals surface area contributed by atoms with Crippen LogP contribution in [-0.4, -0.2) is 61.6 Å². The van der Waals surface area contributed by atoms with E-state index in [1.165, 1.54) is 75.1 Å². The molecule has 1 aliphatic heterocycles. The van der Waals surface area contributed by atoms with E-state index in [1.54, 1.807) is 0 Å². The number of aliphatic hydroxyl groups is 1. The van der Waals surface area contributed by atoms with Gasteiger partial charge in [-0.2, -0.15) is 14.4 Å². The van der Waals surface area contributed by atoms with Gasteiger partial charge in [0.15, 0.2) is 22.6 Å². The number of halogens is 1. The Balaban J connectivity index is 1.37. The molecule has 14 heteroatoms. The van der Waals surface area contributed by atoms with Gasteiger partial charge < -0.3 is 24.8 Å². The lowest BCUT2D eigenvalue weighted by Crippen LogP contribution is -2.43. The maximum atomic E-state index is 14.0. The zero-order chi connectivity index (χ0) is 38.1. The number of fused-ring (bicyclic) bond motifs is 1. The Hall–Kier alpha value is -3.40. The maximum absolute atomic E-state index is 14.0. The number of nitrogens with zero attached hydrogens (tertiary/aromatic N) is 4. The lowest BCUT2D eigenvalue weighted by atomic mass is 9.94. The highest BCUT2D eigenvalue weighted by atomic mass is 31.1. The van der Waals surface area contributed by atoms with Crippen LogP contribution < -0.4 is 10.8 Å². The fraction of sp³-hybridized carbons (Fsp3) is 0.641. The van der Waals surface area contributed by atoms with E-state index in [2.05, 4.69) is 39.8 Å². The summed E-state index contributed by atoms with van der Waals surface area (Å²) in [6.07, 6.45) is 20.7. The minimum Gasteiger partial charge on any atom is -0.464 e. The molecule has 0 spiro atoms. The minimum absolute atomic E-state index is 0.0134. The summed E-state index contributed by atoms with van der Waals surface area (Å²) in [6, 6.07) is 8.46. The number of nitrogens with one attached hydrogen (secondary N) is 1. The highest BCUT2D eigenvalue weighted by Crippen LogP contribution is 2.39. The second-order valence-electron chi connectivity index (χ2n) is 14.1. The van der Waals surface area contributed by atoms with Crippen LogP contribution in [0.15, 0.2) is 36.7 Å². The summed E-state index contributed by atoms with van der Waals surface area (Å²) in [7, 11) is -3.11. The Labute approximate surface area is 314 Å². The lowest BCUT2D eigenvalue weighted by molar-refractivity contribution is -0.147. The van der Waals surface area contributed by atoms with Crippen LogP contribution in [0.3, 0.4) is 0 Å². The molecule has 5 atom stereocenters. The number of terminal acetylenes is 1. The first-order valence-corrected chi connectivity index (χ1v) is 20.6. The van der Waals surface area contributed by atoms with Crippen molar-refractivity contribution in [3.63, 3.8) is 0 Å². The summed E-state index contributed by atoms with van der Waals surface area (Å²) in [5, 5.41) is 13.9. The number of ether oxygens (including phenoxy) is 2. The molecule has 0 aliphatic carbocycles. The molecule has 3 aromatic rings. The van der Waals surface area contributed by atoms with Crippen LogP contribution in [0.4, 0.5) is 10.2 Å². The predicted molar refractivity (Wildman–Crippen MR) is 204 cm³/mol. The summed E-state index contributed by atoms with van der Waals surface area (Å²) < 4.78 is 46.5. The molecule has 0 bridgehead atoms. The summed E-state index contributed by atoms with van der Waals surface area (Å²) in [4.78, 5) is 25.0. The smallest absolute Gasteiger partial charge is 0.323 e. The number of anilines is 1. The third-order valence-electron chi connectivity index (χ3n) is 9.96. The van der Waals surface area contributed by atoms with E-state index in [0.717, 1.165) is 31.2 Å². The van der Waals surface area contributed by atoms with Crippen LogP contribution in [0.5, 0.6) is 0 Å². The number of nitrogen functional groups attached to an aromatic ring is 1. The van der Waals surface area contributed by atoms with Crippen LogP contribution in [0.2, 0.25) is 0 Å². The second-order valence-corrected chi connectivity index (χ2v) is 15.3. The quantitative estimate of drug-likeness (QED) is 0.0258. The number of rotatable bonds is 25. The van der Waals surface area contributed by atoms with Crippen molar-refractivity contribution in [3.8, 4) is 12.3 Å². The molecule has 3 heterocycles. The van der Waals surface area contributed by atoms with Crippen LogP contribution in [0.25, 0.3) is 11.2 Å². The van der Waals surface area contributed by atoms with Gasteiger partial charge in [-0.15, -0.1) is 6.42 Å². The largest absolute Gasteiger partial charge is 0.464 e. The number of carbonyl (C=O) groups is 1. The zero-order valence-corrected chi connectivity index (χ0v) is 32.3. The van der Waals surface area contributed by atoms with Crippen molar-refractivity contribution in [1.82, 2.24) is 24.6 Å². The minimum atomic E-state index is -3.11. The number of nitrogens with two attached hydrogens (primary N) is 1. The first-order chi connectivity index (χ1) is 25.7. The van der Waals surface area contributed by atoms with Gasteiger partial charge in [0.1, 0.15) is 18.4 Å². The molecule has 53 heavy (non-hydrogen) atoms. The molecule has 0 amide bonds. The number of esters is 1. The van der Waals surface area contributed by atoms with Gasteiger partial charge in [-0.05, 0) is 30.7 Å². The average molecular weight is 757 g/mol. The van der Waals surface area contributed by atoms with Gasteiger partial charge in [-0.3, -0.25) is 13.9 Å². The highest BCUT2D eigenvalue weighted by molar-refractivity contribution is 7.36. The number of imidazole rings is 1. The maximum Gasteiger partial charge on any atom is 0.323 e. The van der Waals surface area contributed by atoms with Gasteiger partial charge >= 0.3 is 12.0 Å². The van der Waals surface area contributed by atoms with Crippen LogP contribution in [0.1, 0.15) is 122 Å². The molecule has 1 saturated heterocycles. The molecule has 2 aromatic heterocycles. The van der Waals surface area contributed by atoms with Gasteiger partial charge in [0.05, 0.1) is 19.5 Å². The fourth-order valence-corrected chi connectivity index (χ4v) is 7.72. The molecule has 1 fully saturated rings. The van der Waals surface area contributed by atoms with Crippen molar-refractivity contribution < 1.29 is 32.9 Å². The Morgan fingerprint density at radius 2 is 1.74 bits per heavy atom. The van der Waals surface area contributed by atoms with E-state index in [0.29, 0.717) is 6.61 Å². The standard InChI is InChI=1S/C39H58FN6O6P/c1-4-7-9-11-13-16-22-30(23-17-14-12-10-8-5-2)26-50-37(48)31(24-29-20-18-15-19-21-29)45-53(49)51-27-39(6-3)32(47)25-33(52-39)46-28-42-34-35(41)43-38(40)44-36(34)46/h3,15,18-21,28,30-33,47,53H,4-5,7-14,16-17,22-27H2,1-2H3,(H,45,49)(H2,41,43,44)/t31-,32-,33+,39+/m0/s1. The lowest BCUT2D eigenvalue weighted by Gasteiger charge is -2.27. The second kappa shape index (κ2) is 22.1. The average Bonchev–Trinajstić information content (AvgIpc) is 3.73. The van der Waals surface area contributed by atoms with Crippen LogP contribution in [0, 0.1) is 24.3 Å². The summed E-state index contributed by atoms with van der Waals surface area (Å²) in [5.74, 6) is 2.07. The van der Waals surface area contributed by atoms with E-state index in [-0.39, 0.29) is 35.7 Å². The van der Waals surface area contributed by atoms with Gasteiger partial charge in [0.25, 0.3) is 8.18 Å². The van der Waals surface area contributed by atoms with Crippen molar-refractivity contribution in [2.75, 3.05) is 18.9 Å². The monoisotopic (exact) mass is 756 g/mol. The predicted octanol–water partition coefficient (Wildman–Crippen LogP) is 7.47. The number of unbranched alkanes of at least 4 members (excludes halogenated alkanes) is 10. The topological polar surface area (TPSA) is 164 Å². The van der Waals surface area contributed by atoms with Crippen molar-refractivity contribution in [3.05, 3.63) is 48.3 Å². The summed E-state index contributed by atoms with van der Waals surface area (Å²) >= 11 is 0. The Morgan fingerprint density at radius 3 is 2.38 bits per heavy atom. The SMILES string of the molecule is C#C[C@]1(CO[PH](=O)N[C@@H](Cc2ccccc2)C(=O)OCC(CCCCCCCC)CCCCCCCC)O[C@@H](n2cnc3c(N)nc(F)nc32)C[C@@H]1O. The molecule has 1 aliphatic rings. The molecule has 1 aromatic carbocycles. The molecule has 1 unspecified atom stereocenters. The Bertz CT molecular complexity index is 1610. The van der Waals surface area contributed by atoms with E-state index in [9.17, 15) is 18.9 Å². The van der Waals surface area contributed by atoms with E-state index in [1.807, 2.05) is 30.3 Å². The van der Waals surface area contributed by atoms with E-state index >= 15 is 0 Å². The number of aliphatic hydroxyl groups excluding tert-OH is 1. The van der Waals surface area contributed by atoms with Gasteiger partial charge in [0, 0.05) is 6.42 Å². The van der Waals surface area contributed by atoms with Crippen molar-refractivity contribution >= 4 is 31.1 Å². The Morgan fingerprint density at radius 1 is 1.09 bits per heavy atom. The number of benzene rings is 1. The first kappa shape index (κ1) is 42.3. The van der Waals surface area contributed by atoms with Crippen molar-refractivity contribution in [2.24, 2.45) is 5.92 Å². The highest BCUT2D eigenvalue weighted by Gasteiger charge is 2.49. The third-order valence-corrected chi connectivity index (χ3v) is 10.9. The molecule has 0 saturated carbocycles. The molecule has 292 valence electrons. The molecule has 4 N–H and O–H groups in total. The number of hydrogen-bond donors (Lipinski definition) is 3. The number of aromatic nitrogens is 4. The van der Waals surface area contributed by atoms with E-state index < -0.39 is 50.8 Å². The summed E-state index contributed by atoms with van der Waals surface area (Å²) in [6.45, 7) is 4.29. The first-order valence-electron chi connectivity index (χ1n) is 19.3. The van der Waals surface area contributed by atoms with Crippen molar-refractivity contribution in [1.29, 1.82) is 0 Å². The normalized spacial score (nSPS) is 19.8. The molecule has 12 nitrogen and oxygen atoms in total. The number of hydrogen-bond acceptors (Lipinski definition) is 10. The van der Waals surface area contributed by atoms with Gasteiger partial charge in [-0.25, -0.2) is 10.1 Å². The zero-order valence-electron chi connectivity index (χ0n) is 31.3. The summed E-state index contributed by atoms with van der Waals surface area (Å²) in [5.41, 5.74) is 5.19. The van der Waals surface area contributed by atoms with Gasteiger partial charge in [-0.1, -0.05) is 127 Å². The van der Waals surface area contributed by atoms with E-state index in [4.69, 9.17) is 26.2 Å². The third kappa shape index (κ3) is 12.9. The number of carbonyl (C=O) groups excluding carboxylic acids is 1.